The van der Waals surface area contributed by atoms with E-state index in [9.17, 15) is 0 Å². The molecule has 3 nitrogen and oxygen atoms in total. The van der Waals surface area contributed by atoms with Gasteiger partial charge >= 0.3 is 0 Å². The van der Waals surface area contributed by atoms with Gasteiger partial charge in [0.1, 0.15) is 5.75 Å². The van der Waals surface area contributed by atoms with Crippen molar-refractivity contribution in [3.8, 4) is 5.75 Å². The van der Waals surface area contributed by atoms with Crippen LogP contribution in [0.4, 0.5) is 0 Å². The Morgan fingerprint density at radius 2 is 2.09 bits per heavy atom. The molecule has 2 aromatic rings. The molecular weight excluding hydrogens is 304 g/mol. The molecule has 2 rings (SSSR count). The van der Waals surface area contributed by atoms with Crippen LogP contribution in [-0.2, 0) is 12.8 Å². The van der Waals surface area contributed by atoms with Gasteiger partial charge in [0.05, 0.1) is 7.11 Å². The molecule has 0 amide bonds. The normalized spacial score (nSPS) is 10.3. The molecule has 0 atom stereocenters. The van der Waals surface area contributed by atoms with Crippen LogP contribution in [0.5, 0.6) is 5.75 Å². The van der Waals surface area contributed by atoms with Crippen molar-refractivity contribution in [1.29, 1.82) is 0 Å². The molecule has 0 fully saturated rings. The standard InChI is InChI=1S/C19H24N2OS/c1-4-7-16-17(22-3)11-10-14-8-6-9-15(18(14)16)12-13-21-19(23)20-5-2/h4,6,8-11H,1,5,7,12-13H2,2-3H3,(H2,20,21,23). The van der Waals surface area contributed by atoms with Crippen molar-refractivity contribution in [2.75, 3.05) is 20.2 Å². The largest absolute Gasteiger partial charge is 0.496 e. The lowest BCUT2D eigenvalue weighted by Gasteiger charge is -2.15. The van der Waals surface area contributed by atoms with Crippen LogP contribution in [0.2, 0.25) is 0 Å². The number of allylic oxidation sites excluding steroid dienone is 1. The van der Waals surface area contributed by atoms with Crippen molar-refractivity contribution in [3.05, 3.63) is 54.1 Å². The number of ether oxygens (including phenoxy) is 1. The lowest BCUT2D eigenvalue weighted by atomic mass is 9.95. The maximum atomic E-state index is 5.54. The van der Waals surface area contributed by atoms with E-state index in [1.807, 2.05) is 19.1 Å². The molecule has 4 heteroatoms. The zero-order chi connectivity index (χ0) is 16.7. The highest BCUT2D eigenvalue weighted by atomic mass is 32.1. The maximum Gasteiger partial charge on any atom is 0.166 e. The highest BCUT2D eigenvalue weighted by Gasteiger charge is 2.11. The fraction of sp³-hybridized carbons (Fsp3) is 0.316. The fourth-order valence-corrected chi connectivity index (χ4v) is 3.04. The Morgan fingerprint density at radius 3 is 2.78 bits per heavy atom. The van der Waals surface area contributed by atoms with Crippen LogP contribution >= 0.6 is 12.2 Å². The first-order valence-electron chi connectivity index (χ1n) is 7.91. The second kappa shape index (κ2) is 8.53. The number of nitrogens with one attached hydrogen (secondary N) is 2. The summed E-state index contributed by atoms with van der Waals surface area (Å²) in [6.07, 6.45) is 3.62. The number of hydrogen-bond acceptors (Lipinski definition) is 2. The van der Waals surface area contributed by atoms with Crippen molar-refractivity contribution >= 4 is 28.1 Å². The topological polar surface area (TPSA) is 33.3 Å². The molecule has 0 aromatic heterocycles. The summed E-state index contributed by atoms with van der Waals surface area (Å²) in [6.45, 7) is 7.55. The summed E-state index contributed by atoms with van der Waals surface area (Å²) >= 11 is 5.22. The summed E-state index contributed by atoms with van der Waals surface area (Å²) < 4.78 is 5.54. The fourth-order valence-electron chi connectivity index (χ4n) is 2.80. The summed E-state index contributed by atoms with van der Waals surface area (Å²) in [5.74, 6) is 0.918. The Kier molecular flexibility index (Phi) is 6.41. The first-order chi connectivity index (χ1) is 11.2. The van der Waals surface area contributed by atoms with Gasteiger partial charge in [0.15, 0.2) is 5.11 Å². The minimum Gasteiger partial charge on any atom is -0.496 e. The van der Waals surface area contributed by atoms with Crippen molar-refractivity contribution in [3.63, 3.8) is 0 Å². The minimum atomic E-state index is 0.705. The van der Waals surface area contributed by atoms with Gasteiger partial charge in [-0.2, -0.15) is 0 Å². The van der Waals surface area contributed by atoms with Gasteiger partial charge in [-0.1, -0.05) is 30.3 Å². The van der Waals surface area contributed by atoms with Crippen molar-refractivity contribution < 1.29 is 4.74 Å². The lowest BCUT2D eigenvalue weighted by molar-refractivity contribution is 0.411. The highest BCUT2D eigenvalue weighted by molar-refractivity contribution is 7.80. The van der Waals surface area contributed by atoms with E-state index in [0.717, 1.165) is 31.7 Å². The van der Waals surface area contributed by atoms with E-state index < -0.39 is 0 Å². The van der Waals surface area contributed by atoms with Crippen LogP contribution in [-0.4, -0.2) is 25.3 Å². The summed E-state index contributed by atoms with van der Waals surface area (Å²) in [6, 6.07) is 10.6. The van der Waals surface area contributed by atoms with Gasteiger partial charge in [-0.15, -0.1) is 6.58 Å². The van der Waals surface area contributed by atoms with Crippen LogP contribution < -0.4 is 15.4 Å². The molecule has 0 aliphatic rings. The number of fused-ring (bicyclic) bond motifs is 1. The molecule has 122 valence electrons. The van der Waals surface area contributed by atoms with E-state index in [1.165, 1.54) is 21.9 Å². The van der Waals surface area contributed by atoms with Crippen molar-refractivity contribution in [2.45, 2.75) is 19.8 Å². The Morgan fingerprint density at radius 1 is 1.26 bits per heavy atom. The Hall–Kier alpha value is -2.07. The lowest BCUT2D eigenvalue weighted by Crippen LogP contribution is -2.36. The van der Waals surface area contributed by atoms with Crippen LogP contribution in [0, 0.1) is 0 Å². The molecule has 0 saturated carbocycles. The molecule has 0 heterocycles. The van der Waals surface area contributed by atoms with Gasteiger partial charge in [0.25, 0.3) is 0 Å². The molecular formula is C19H24N2OS. The van der Waals surface area contributed by atoms with Crippen LogP contribution in [0.25, 0.3) is 10.8 Å². The van der Waals surface area contributed by atoms with Crippen LogP contribution in [0.3, 0.4) is 0 Å². The molecule has 0 spiro atoms. The molecule has 2 aromatic carbocycles. The van der Waals surface area contributed by atoms with E-state index in [4.69, 9.17) is 17.0 Å². The average molecular weight is 328 g/mol. The molecule has 0 aliphatic heterocycles. The van der Waals surface area contributed by atoms with E-state index in [1.54, 1.807) is 7.11 Å². The molecule has 23 heavy (non-hydrogen) atoms. The summed E-state index contributed by atoms with van der Waals surface area (Å²) in [5.41, 5.74) is 2.50. The summed E-state index contributed by atoms with van der Waals surface area (Å²) in [4.78, 5) is 0. The third-order valence-electron chi connectivity index (χ3n) is 3.78. The van der Waals surface area contributed by atoms with Gasteiger partial charge in [-0.25, -0.2) is 0 Å². The van der Waals surface area contributed by atoms with Gasteiger partial charge in [-0.3, -0.25) is 0 Å². The SMILES string of the molecule is C=CCc1c(OC)ccc2cccc(CCNC(=S)NCC)c12. The highest BCUT2D eigenvalue weighted by Crippen LogP contribution is 2.31. The number of methoxy groups -OCH3 is 1. The Bertz CT molecular complexity index is 697. The van der Waals surface area contributed by atoms with Gasteiger partial charge in [-0.05, 0) is 54.4 Å². The van der Waals surface area contributed by atoms with Gasteiger partial charge in [0, 0.05) is 18.7 Å². The molecule has 0 bridgehead atoms. The Balaban J connectivity index is 2.31. The van der Waals surface area contributed by atoms with E-state index in [0.29, 0.717) is 5.11 Å². The number of benzene rings is 2. The van der Waals surface area contributed by atoms with Gasteiger partial charge < -0.3 is 15.4 Å². The smallest absolute Gasteiger partial charge is 0.166 e. The number of hydrogen-bond donors (Lipinski definition) is 2. The summed E-state index contributed by atoms with van der Waals surface area (Å²) in [5, 5.41) is 9.55. The zero-order valence-electron chi connectivity index (χ0n) is 13.8. The maximum absolute atomic E-state index is 5.54. The monoisotopic (exact) mass is 328 g/mol. The van der Waals surface area contributed by atoms with E-state index >= 15 is 0 Å². The number of thiocarbonyl (C=S) groups is 1. The molecule has 0 aliphatic carbocycles. The average Bonchev–Trinajstić information content (AvgIpc) is 2.55. The van der Waals surface area contributed by atoms with E-state index in [2.05, 4.69) is 41.5 Å². The second-order valence-corrected chi connectivity index (χ2v) is 5.70. The quantitative estimate of drug-likeness (QED) is 0.601. The molecule has 0 unspecified atom stereocenters. The summed E-state index contributed by atoms with van der Waals surface area (Å²) in [7, 11) is 1.72. The van der Waals surface area contributed by atoms with E-state index in [-0.39, 0.29) is 0 Å². The third-order valence-corrected chi connectivity index (χ3v) is 4.07. The molecule has 2 N–H and O–H groups in total. The second-order valence-electron chi connectivity index (χ2n) is 5.29. The number of rotatable bonds is 7. The predicted molar refractivity (Wildman–Crippen MR) is 102 cm³/mol. The third kappa shape index (κ3) is 4.23. The first kappa shape index (κ1) is 17.3. The molecule has 0 radical (unpaired) electrons. The van der Waals surface area contributed by atoms with Crippen molar-refractivity contribution in [1.82, 2.24) is 10.6 Å². The van der Waals surface area contributed by atoms with Crippen LogP contribution in [0.15, 0.2) is 43.0 Å². The first-order valence-corrected chi connectivity index (χ1v) is 8.32. The minimum absolute atomic E-state index is 0.705. The molecule has 0 saturated heterocycles. The Labute approximate surface area is 143 Å². The predicted octanol–water partition coefficient (Wildman–Crippen LogP) is 3.60. The van der Waals surface area contributed by atoms with Crippen LogP contribution in [0.1, 0.15) is 18.1 Å². The van der Waals surface area contributed by atoms with Gasteiger partial charge in [0.2, 0.25) is 0 Å². The van der Waals surface area contributed by atoms with Crippen molar-refractivity contribution in [2.24, 2.45) is 0 Å². The zero-order valence-corrected chi connectivity index (χ0v) is 14.6.